The van der Waals surface area contributed by atoms with Gasteiger partial charge in [0.2, 0.25) is 0 Å². The van der Waals surface area contributed by atoms with Gasteiger partial charge in [-0.05, 0) is 27.2 Å². The number of aromatic nitrogens is 3. The van der Waals surface area contributed by atoms with Crippen LogP contribution >= 0.6 is 0 Å². The summed E-state index contributed by atoms with van der Waals surface area (Å²) in [6.45, 7) is 7.69. The zero-order valence-electron chi connectivity index (χ0n) is 11.7. The number of carbonyl (C=O) groups is 1. The van der Waals surface area contributed by atoms with E-state index in [1.165, 1.54) is 0 Å². The highest BCUT2D eigenvalue weighted by Crippen LogP contribution is 2.17. The second-order valence-electron chi connectivity index (χ2n) is 4.93. The van der Waals surface area contributed by atoms with Gasteiger partial charge in [-0.2, -0.15) is 5.10 Å². The van der Waals surface area contributed by atoms with E-state index in [1.54, 1.807) is 11.0 Å². The number of ether oxygens (including phenoxy) is 1. The molecular weight excluding hydrogens is 232 g/mol. The van der Waals surface area contributed by atoms with E-state index >= 15 is 0 Å². The highest BCUT2D eigenvalue weighted by atomic mass is 16.6. The molecule has 0 saturated heterocycles. The van der Waals surface area contributed by atoms with Crippen molar-refractivity contribution in [3.8, 4) is 0 Å². The van der Waals surface area contributed by atoms with Gasteiger partial charge in [0.25, 0.3) is 0 Å². The van der Waals surface area contributed by atoms with Crippen molar-refractivity contribution in [3.05, 3.63) is 12.2 Å². The zero-order valence-corrected chi connectivity index (χ0v) is 11.7. The standard InChI is InChI=1S/C12H22N4O2/c1-8(2)14-12(17)18-10(4)6-9(3)11-13-7-16(5)15-11/h7-10H,6H2,1-5H3,(H,14,17). The average molecular weight is 254 g/mol. The van der Waals surface area contributed by atoms with Gasteiger partial charge in [-0.25, -0.2) is 9.78 Å². The molecule has 0 aliphatic heterocycles. The molecule has 0 aromatic carbocycles. The molecule has 0 radical (unpaired) electrons. The van der Waals surface area contributed by atoms with Crippen molar-refractivity contribution >= 4 is 6.09 Å². The second kappa shape index (κ2) is 6.37. The summed E-state index contributed by atoms with van der Waals surface area (Å²) in [6, 6.07) is 0.0829. The molecule has 0 fully saturated rings. The molecule has 1 heterocycles. The third-order valence-corrected chi connectivity index (χ3v) is 2.46. The monoisotopic (exact) mass is 254 g/mol. The normalized spacial score (nSPS) is 14.3. The minimum atomic E-state index is -0.376. The van der Waals surface area contributed by atoms with Gasteiger partial charge in [-0.3, -0.25) is 4.68 Å². The Balaban J connectivity index is 2.40. The van der Waals surface area contributed by atoms with Crippen LogP contribution in [-0.4, -0.2) is 33.0 Å². The molecule has 0 aliphatic rings. The minimum absolute atomic E-state index is 0.0829. The first kappa shape index (κ1) is 14.5. The number of hydrogen-bond acceptors (Lipinski definition) is 4. The average Bonchev–Trinajstić information content (AvgIpc) is 2.62. The minimum Gasteiger partial charge on any atom is -0.447 e. The van der Waals surface area contributed by atoms with E-state index in [1.807, 2.05) is 34.7 Å². The van der Waals surface area contributed by atoms with Crippen LogP contribution in [0.3, 0.4) is 0 Å². The number of nitrogens with one attached hydrogen (secondary N) is 1. The van der Waals surface area contributed by atoms with Crippen molar-refractivity contribution in [3.63, 3.8) is 0 Å². The molecule has 1 N–H and O–H groups in total. The van der Waals surface area contributed by atoms with Gasteiger partial charge < -0.3 is 10.1 Å². The number of aryl methyl sites for hydroxylation is 1. The first-order valence-corrected chi connectivity index (χ1v) is 6.21. The Morgan fingerprint density at radius 3 is 2.61 bits per heavy atom. The Hall–Kier alpha value is -1.59. The Labute approximate surface area is 108 Å². The van der Waals surface area contributed by atoms with Crippen molar-refractivity contribution in [1.29, 1.82) is 0 Å². The topological polar surface area (TPSA) is 69.0 Å². The van der Waals surface area contributed by atoms with Crippen molar-refractivity contribution in [2.24, 2.45) is 7.05 Å². The number of carbonyl (C=O) groups excluding carboxylic acids is 1. The first-order valence-electron chi connectivity index (χ1n) is 6.21. The van der Waals surface area contributed by atoms with Gasteiger partial charge in [-0.15, -0.1) is 0 Å². The molecule has 1 aromatic rings. The predicted octanol–water partition coefficient (Wildman–Crippen LogP) is 1.83. The molecule has 2 atom stereocenters. The van der Waals surface area contributed by atoms with Gasteiger partial charge in [0.15, 0.2) is 5.82 Å². The van der Waals surface area contributed by atoms with E-state index in [0.29, 0.717) is 6.42 Å². The lowest BCUT2D eigenvalue weighted by atomic mass is 10.0. The summed E-state index contributed by atoms with van der Waals surface area (Å²) >= 11 is 0. The number of nitrogens with zero attached hydrogens (tertiary/aromatic N) is 3. The second-order valence-corrected chi connectivity index (χ2v) is 4.93. The summed E-state index contributed by atoms with van der Waals surface area (Å²) in [5.41, 5.74) is 0. The SMILES string of the molecule is CC(C)NC(=O)OC(C)CC(C)c1ncn(C)n1. The van der Waals surface area contributed by atoms with Crippen LogP contribution in [0.5, 0.6) is 0 Å². The highest BCUT2D eigenvalue weighted by Gasteiger charge is 2.17. The number of rotatable bonds is 5. The number of hydrogen-bond donors (Lipinski definition) is 1. The third kappa shape index (κ3) is 4.73. The molecule has 0 bridgehead atoms. The van der Waals surface area contributed by atoms with Crippen LogP contribution in [0.1, 0.15) is 45.9 Å². The number of amides is 1. The largest absolute Gasteiger partial charge is 0.447 e. The zero-order chi connectivity index (χ0) is 13.7. The van der Waals surface area contributed by atoms with Crippen molar-refractivity contribution < 1.29 is 9.53 Å². The van der Waals surface area contributed by atoms with E-state index < -0.39 is 0 Å². The van der Waals surface area contributed by atoms with Gasteiger partial charge in [0.05, 0.1) is 0 Å². The summed E-state index contributed by atoms with van der Waals surface area (Å²) in [5, 5.41) is 6.93. The molecule has 1 amide bonds. The molecule has 6 heteroatoms. The lowest BCUT2D eigenvalue weighted by Crippen LogP contribution is -2.33. The third-order valence-electron chi connectivity index (χ3n) is 2.46. The Kier molecular flexibility index (Phi) is 5.12. The molecule has 0 saturated carbocycles. The van der Waals surface area contributed by atoms with Crippen molar-refractivity contribution in [1.82, 2.24) is 20.1 Å². The number of alkyl carbamates (subject to hydrolysis) is 1. The summed E-state index contributed by atoms with van der Waals surface area (Å²) in [5.74, 6) is 0.935. The summed E-state index contributed by atoms with van der Waals surface area (Å²) in [6.07, 6.45) is 1.83. The smallest absolute Gasteiger partial charge is 0.407 e. The predicted molar refractivity (Wildman–Crippen MR) is 68.2 cm³/mol. The quantitative estimate of drug-likeness (QED) is 0.870. The maximum Gasteiger partial charge on any atom is 0.407 e. The molecule has 18 heavy (non-hydrogen) atoms. The van der Waals surface area contributed by atoms with Crippen molar-refractivity contribution in [2.75, 3.05) is 0 Å². The molecule has 2 unspecified atom stereocenters. The van der Waals surface area contributed by atoms with Crippen LogP contribution in [0.2, 0.25) is 0 Å². The van der Waals surface area contributed by atoms with E-state index in [0.717, 1.165) is 5.82 Å². The Morgan fingerprint density at radius 2 is 2.11 bits per heavy atom. The van der Waals surface area contributed by atoms with Gasteiger partial charge in [0, 0.05) is 19.0 Å². The van der Waals surface area contributed by atoms with Crippen LogP contribution in [0, 0.1) is 0 Å². The first-order chi connectivity index (χ1) is 8.38. The van der Waals surface area contributed by atoms with E-state index in [-0.39, 0.29) is 24.2 Å². The van der Waals surface area contributed by atoms with Crippen LogP contribution < -0.4 is 5.32 Å². The van der Waals surface area contributed by atoms with Gasteiger partial charge in [-0.1, -0.05) is 6.92 Å². The molecule has 0 aliphatic carbocycles. The van der Waals surface area contributed by atoms with Crippen LogP contribution in [0.15, 0.2) is 6.33 Å². The molecule has 6 nitrogen and oxygen atoms in total. The summed E-state index contributed by atoms with van der Waals surface area (Å²) < 4.78 is 6.92. The maximum absolute atomic E-state index is 11.4. The molecule has 0 spiro atoms. The lowest BCUT2D eigenvalue weighted by molar-refractivity contribution is 0.0966. The van der Waals surface area contributed by atoms with E-state index in [2.05, 4.69) is 15.4 Å². The van der Waals surface area contributed by atoms with E-state index in [4.69, 9.17) is 4.74 Å². The Morgan fingerprint density at radius 1 is 1.44 bits per heavy atom. The van der Waals surface area contributed by atoms with Crippen molar-refractivity contribution in [2.45, 2.75) is 52.2 Å². The van der Waals surface area contributed by atoms with Gasteiger partial charge >= 0.3 is 6.09 Å². The fraction of sp³-hybridized carbons (Fsp3) is 0.750. The fourth-order valence-corrected chi connectivity index (χ4v) is 1.69. The molecule has 1 rings (SSSR count). The van der Waals surface area contributed by atoms with Gasteiger partial charge in [0.1, 0.15) is 12.4 Å². The van der Waals surface area contributed by atoms with E-state index in [9.17, 15) is 4.79 Å². The van der Waals surface area contributed by atoms with Crippen LogP contribution in [0.4, 0.5) is 4.79 Å². The molecule has 102 valence electrons. The maximum atomic E-state index is 11.4. The highest BCUT2D eigenvalue weighted by molar-refractivity contribution is 5.67. The molecular formula is C12H22N4O2. The summed E-state index contributed by atoms with van der Waals surface area (Å²) in [4.78, 5) is 15.6. The van der Waals surface area contributed by atoms with Crippen LogP contribution in [0.25, 0.3) is 0 Å². The summed E-state index contributed by atoms with van der Waals surface area (Å²) in [7, 11) is 1.83. The van der Waals surface area contributed by atoms with Crippen LogP contribution in [-0.2, 0) is 11.8 Å². The Bertz CT molecular complexity index is 389. The molecule has 1 aromatic heterocycles. The lowest BCUT2D eigenvalue weighted by Gasteiger charge is -2.17. The fourth-order valence-electron chi connectivity index (χ4n) is 1.69.